The third kappa shape index (κ3) is 2.77. The van der Waals surface area contributed by atoms with Crippen molar-refractivity contribution in [3.8, 4) is 0 Å². The van der Waals surface area contributed by atoms with E-state index >= 15 is 0 Å². The SMILES string of the molecule is Nc1ccc(C(=O)c2ccccc2C(F)(F)F)cc1Cl. The normalized spacial score (nSPS) is 11.4. The predicted octanol–water partition coefficient (Wildman–Crippen LogP) is 4.17. The minimum Gasteiger partial charge on any atom is -0.398 e. The van der Waals surface area contributed by atoms with Gasteiger partial charge >= 0.3 is 6.18 Å². The van der Waals surface area contributed by atoms with E-state index in [4.69, 9.17) is 17.3 Å². The number of hydrogen-bond acceptors (Lipinski definition) is 2. The molecule has 0 aliphatic heterocycles. The molecule has 0 aliphatic carbocycles. The Morgan fingerprint density at radius 1 is 1.10 bits per heavy atom. The van der Waals surface area contributed by atoms with Crippen LogP contribution in [0.25, 0.3) is 0 Å². The van der Waals surface area contributed by atoms with Gasteiger partial charge in [0, 0.05) is 11.1 Å². The minimum absolute atomic E-state index is 0.0564. The number of alkyl halides is 3. The predicted molar refractivity (Wildman–Crippen MR) is 70.7 cm³/mol. The molecule has 2 rings (SSSR count). The molecule has 0 amide bonds. The maximum atomic E-state index is 12.9. The maximum Gasteiger partial charge on any atom is 0.417 e. The van der Waals surface area contributed by atoms with Crippen molar-refractivity contribution in [2.24, 2.45) is 0 Å². The number of benzene rings is 2. The Morgan fingerprint density at radius 3 is 2.35 bits per heavy atom. The highest BCUT2D eigenvalue weighted by molar-refractivity contribution is 6.33. The van der Waals surface area contributed by atoms with E-state index in [-0.39, 0.29) is 16.3 Å². The second-order valence-corrected chi connectivity index (χ2v) is 4.52. The van der Waals surface area contributed by atoms with Crippen LogP contribution in [0.2, 0.25) is 5.02 Å². The van der Waals surface area contributed by atoms with Crippen LogP contribution in [0, 0.1) is 0 Å². The van der Waals surface area contributed by atoms with Crippen LogP contribution in [-0.4, -0.2) is 5.78 Å². The minimum atomic E-state index is -4.59. The first-order valence-corrected chi connectivity index (χ1v) is 5.94. The molecule has 0 unspecified atom stereocenters. The molecular weight excluding hydrogens is 291 g/mol. The van der Waals surface area contributed by atoms with Gasteiger partial charge in [-0.05, 0) is 24.3 Å². The van der Waals surface area contributed by atoms with Gasteiger partial charge < -0.3 is 5.73 Å². The zero-order valence-electron chi connectivity index (χ0n) is 10.0. The van der Waals surface area contributed by atoms with Gasteiger partial charge in [0.05, 0.1) is 16.3 Å². The highest BCUT2D eigenvalue weighted by Crippen LogP contribution is 2.33. The summed E-state index contributed by atoms with van der Waals surface area (Å²) < 4.78 is 38.6. The Morgan fingerprint density at radius 2 is 1.75 bits per heavy atom. The number of halogens is 4. The standard InChI is InChI=1S/C14H9ClF3NO/c15-11-7-8(5-6-12(11)19)13(20)9-3-1-2-4-10(9)14(16,17)18/h1-7H,19H2. The molecule has 2 nitrogen and oxygen atoms in total. The van der Waals surface area contributed by atoms with Gasteiger partial charge in [0.1, 0.15) is 0 Å². The Bertz CT molecular complexity index is 668. The number of hydrogen-bond donors (Lipinski definition) is 1. The zero-order valence-corrected chi connectivity index (χ0v) is 10.8. The Kier molecular flexibility index (Phi) is 3.72. The molecule has 2 N–H and O–H groups in total. The van der Waals surface area contributed by atoms with E-state index in [0.717, 1.165) is 12.1 Å². The lowest BCUT2D eigenvalue weighted by atomic mass is 9.98. The Labute approximate surface area is 118 Å². The largest absolute Gasteiger partial charge is 0.417 e. The van der Waals surface area contributed by atoms with Gasteiger partial charge in [0.15, 0.2) is 5.78 Å². The number of carbonyl (C=O) groups excluding carboxylic acids is 1. The van der Waals surface area contributed by atoms with Crippen LogP contribution in [0.1, 0.15) is 21.5 Å². The van der Waals surface area contributed by atoms with E-state index in [1.54, 1.807) is 0 Å². The molecule has 0 radical (unpaired) electrons. The molecule has 0 bridgehead atoms. The van der Waals surface area contributed by atoms with Gasteiger partial charge in [0.25, 0.3) is 0 Å². The summed E-state index contributed by atoms with van der Waals surface area (Å²) in [7, 11) is 0. The van der Waals surface area contributed by atoms with Crippen molar-refractivity contribution in [2.45, 2.75) is 6.18 Å². The summed E-state index contributed by atoms with van der Waals surface area (Å²) in [6.45, 7) is 0. The molecule has 0 aromatic heterocycles. The van der Waals surface area contributed by atoms with Crippen molar-refractivity contribution >= 4 is 23.1 Å². The lowest BCUT2D eigenvalue weighted by Crippen LogP contribution is -2.13. The zero-order chi connectivity index (χ0) is 14.9. The number of nitrogen functional groups attached to an aromatic ring is 1. The fraction of sp³-hybridized carbons (Fsp3) is 0.0714. The lowest BCUT2D eigenvalue weighted by Gasteiger charge is -2.12. The van der Waals surface area contributed by atoms with Crippen molar-refractivity contribution in [3.63, 3.8) is 0 Å². The molecule has 0 heterocycles. The Hall–Kier alpha value is -2.01. The van der Waals surface area contributed by atoms with Gasteiger partial charge in [-0.1, -0.05) is 29.8 Å². The van der Waals surface area contributed by atoms with E-state index in [2.05, 4.69) is 0 Å². The molecule has 6 heteroatoms. The molecule has 2 aromatic carbocycles. The van der Waals surface area contributed by atoms with E-state index in [0.29, 0.717) is 0 Å². The average molecular weight is 300 g/mol. The van der Waals surface area contributed by atoms with Crippen LogP contribution in [0.4, 0.5) is 18.9 Å². The highest BCUT2D eigenvalue weighted by atomic mass is 35.5. The average Bonchev–Trinajstić information content (AvgIpc) is 2.40. The smallest absolute Gasteiger partial charge is 0.398 e. The van der Waals surface area contributed by atoms with Crippen molar-refractivity contribution in [1.82, 2.24) is 0 Å². The van der Waals surface area contributed by atoms with E-state index < -0.39 is 23.1 Å². The topological polar surface area (TPSA) is 43.1 Å². The van der Waals surface area contributed by atoms with Gasteiger partial charge in [-0.2, -0.15) is 13.2 Å². The van der Waals surface area contributed by atoms with Crippen molar-refractivity contribution in [1.29, 1.82) is 0 Å². The molecule has 0 aliphatic rings. The molecule has 0 saturated carbocycles. The number of nitrogens with two attached hydrogens (primary N) is 1. The van der Waals surface area contributed by atoms with Crippen LogP contribution < -0.4 is 5.73 Å². The monoisotopic (exact) mass is 299 g/mol. The molecule has 0 spiro atoms. The number of rotatable bonds is 2. The molecule has 2 aromatic rings. The van der Waals surface area contributed by atoms with Gasteiger partial charge in [-0.25, -0.2) is 0 Å². The first-order chi connectivity index (χ1) is 9.30. The number of carbonyl (C=O) groups is 1. The molecule has 0 fully saturated rings. The van der Waals surface area contributed by atoms with Crippen molar-refractivity contribution in [2.75, 3.05) is 5.73 Å². The van der Waals surface area contributed by atoms with Crippen LogP contribution in [0.5, 0.6) is 0 Å². The Balaban J connectivity index is 2.51. The summed E-state index contributed by atoms with van der Waals surface area (Å²) in [5, 5.41) is 0.125. The molecular formula is C14H9ClF3NO. The second kappa shape index (κ2) is 5.17. The number of ketones is 1. The van der Waals surface area contributed by atoms with E-state index in [1.807, 2.05) is 0 Å². The van der Waals surface area contributed by atoms with E-state index in [1.165, 1.54) is 30.3 Å². The van der Waals surface area contributed by atoms with Crippen molar-refractivity contribution in [3.05, 3.63) is 64.2 Å². The summed E-state index contributed by atoms with van der Waals surface area (Å²) >= 11 is 5.78. The third-order valence-corrected chi connectivity index (χ3v) is 3.07. The first-order valence-electron chi connectivity index (χ1n) is 5.56. The summed E-state index contributed by atoms with van der Waals surface area (Å²) in [6.07, 6.45) is -4.59. The maximum absolute atomic E-state index is 12.9. The molecule has 104 valence electrons. The first kappa shape index (κ1) is 14.4. The quantitative estimate of drug-likeness (QED) is 0.668. The van der Waals surface area contributed by atoms with Gasteiger partial charge in [-0.3, -0.25) is 4.79 Å². The molecule has 0 saturated heterocycles. The fourth-order valence-electron chi connectivity index (χ4n) is 1.75. The van der Waals surface area contributed by atoms with Crippen LogP contribution in [-0.2, 0) is 6.18 Å². The summed E-state index contributed by atoms with van der Waals surface area (Å²) in [5.74, 6) is -0.750. The molecule has 20 heavy (non-hydrogen) atoms. The fourth-order valence-corrected chi connectivity index (χ4v) is 1.93. The second-order valence-electron chi connectivity index (χ2n) is 4.11. The van der Waals surface area contributed by atoms with Crippen LogP contribution >= 0.6 is 11.6 Å². The van der Waals surface area contributed by atoms with Crippen molar-refractivity contribution < 1.29 is 18.0 Å². The third-order valence-electron chi connectivity index (χ3n) is 2.74. The summed E-state index contributed by atoms with van der Waals surface area (Å²) in [4.78, 5) is 12.2. The lowest BCUT2D eigenvalue weighted by molar-refractivity contribution is -0.137. The molecule has 0 atom stereocenters. The van der Waals surface area contributed by atoms with Gasteiger partial charge in [0.2, 0.25) is 0 Å². The van der Waals surface area contributed by atoms with E-state index in [9.17, 15) is 18.0 Å². The summed E-state index contributed by atoms with van der Waals surface area (Å²) in [5.41, 5.74) is 4.43. The van der Waals surface area contributed by atoms with Gasteiger partial charge in [-0.15, -0.1) is 0 Å². The van der Waals surface area contributed by atoms with Crippen LogP contribution in [0.3, 0.4) is 0 Å². The summed E-state index contributed by atoms with van der Waals surface area (Å²) in [6, 6.07) is 8.59. The number of anilines is 1. The highest BCUT2D eigenvalue weighted by Gasteiger charge is 2.34. The van der Waals surface area contributed by atoms with Crippen LogP contribution in [0.15, 0.2) is 42.5 Å².